The highest BCUT2D eigenvalue weighted by Gasteiger charge is 2.28. The standard InChI is InChI=1S/C11H19N5O/c1-7(12)8-4-2-3-5-16(8)10-9(13)11(17)15-6-14-10/h6-8H,2-5,12-13H2,1H3,(H,14,15,17). The third kappa shape index (κ3) is 2.26. The van der Waals surface area contributed by atoms with E-state index in [-0.39, 0.29) is 23.3 Å². The molecule has 1 aromatic rings. The van der Waals surface area contributed by atoms with Crippen LogP contribution in [0.25, 0.3) is 0 Å². The van der Waals surface area contributed by atoms with Crippen LogP contribution >= 0.6 is 0 Å². The SMILES string of the molecule is CC(N)C1CCCCN1c1nc[nH]c(=O)c1N. The highest BCUT2D eigenvalue weighted by Crippen LogP contribution is 2.26. The van der Waals surface area contributed by atoms with Gasteiger partial charge in [-0.25, -0.2) is 4.98 Å². The summed E-state index contributed by atoms with van der Waals surface area (Å²) in [7, 11) is 0. The number of H-pyrrole nitrogens is 1. The van der Waals surface area contributed by atoms with Crippen LogP contribution < -0.4 is 21.9 Å². The van der Waals surface area contributed by atoms with Crippen molar-refractivity contribution in [2.75, 3.05) is 17.2 Å². The summed E-state index contributed by atoms with van der Waals surface area (Å²) >= 11 is 0. The van der Waals surface area contributed by atoms with Crippen molar-refractivity contribution in [2.45, 2.75) is 38.3 Å². The Morgan fingerprint density at radius 3 is 3.06 bits per heavy atom. The largest absolute Gasteiger partial charge is 0.391 e. The Balaban J connectivity index is 2.36. The number of nitrogen functional groups attached to an aromatic ring is 1. The molecule has 0 spiro atoms. The van der Waals surface area contributed by atoms with Crippen molar-refractivity contribution >= 4 is 11.5 Å². The molecule has 6 nitrogen and oxygen atoms in total. The molecule has 0 bridgehead atoms. The first kappa shape index (κ1) is 11.9. The molecule has 0 amide bonds. The molecule has 1 aliphatic rings. The monoisotopic (exact) mass is 237 g/mol. The second-order valence-electron chi connectivity index (χ2n) is 4.58. The first-order valence-electron chi connectivity index (χ1n) is 5.96. The van der Waals surface area contributed by atoms with Crippen LogP contribution in [-0.2, 0) is 0 Å². The van der Waals surface area contributed by atoms with Gasteiger partial charge in [-0.05, 0) is 26.2 Å². The molecule has 2 atom stereocenters. The van der Waals surface area contributed by atoms with Gasteiger partial charge in [-0.15, -0.1) is 0 Å². The second-order valence-corrected chi connectivity index (χ2v) is 4.58. The summed E-state index contributed by atoms with van der Waals surface area (Å²) in [4.78, 5) is 20.2. The van der Waals surface area contributed by atoms with Gasteiger partial charge in [0.1, 0.15) is 5.69 Å². The van der Waals surface area contributed by atoms with Crippen molar-refractivity contribution < 1.29 is 0 Å². The van der Waals surface area contributed by atoms with E-state index >= 15 is 0 Å². The van der Waals surface area contributed by atoms with Gasteiger partial charge in [0.2, 0.25) is 0 Å². The molecular weight excluding hydrogens is 218 g/mol. The summed E-state index contributed by atoms with van der Waals surface area (Å²) in [6.45, 7) is 2.83. The van der Waals surface area contributed by atoms with Gasteiger partial charge in [0.25, 0.3) is 5.56 Å². The van der Waals surface area contributed by atoms with Crippen molar-refractivity contribution in [3.8, 4) is 0 Å². The number of aromatic amines is 1. The van der Waals surface area contributed by atoms with Crippen LogP contribution in [0.2, 0.25) is 0 Å². The maximum Gasteiger partial charge on any atom is 0.276 e. The van der Waals surface area contributed by atoms with Crippen LogP contribution in [0.4, 0.5) is 11.5 Å². The second kappa shape index (κ2) is 4.75. The third-order valence-corrected chi connectivity index (χ3v) is 3.30. The minimum Gasteiger partial charge on any atom is -0.391 e. The van der Waals surface area contributed by atoms with Crippen molar-refractivity contribution in [3.05, 3.63) is 16.7 Å². The number of anilines is 2. The van der Waals surface area contributed by atoms with Gasteiger partial charge in [-0.3, -0.25) is 4.79 Å². The maximum absolute atomic E-state index is 11.5. The van der Waals surface area contributed by atoms with Crippen LogP contribution in [0.5, 0.6) is 0 Å². The van der Waals surface area contributed by atoms with Crippen LogP contribution in [0.15, 0.2) is 11.1 Å². The van der Waals surface area contributed by atoms with E-state index in [0.717, 1.165) is 25.8 Å². The Kier molecular flexibility index (Phi) is 3.33. The Morgan fingerprint density at radius 1 is 1.59 bits per heavy atom. The molecule has 0 aromatic carbocycles. The quantitative estimate of drug-likeness (QED) is 0.675. The van der Waals surface area contributed by atoms with E-state index < -0.39 is 0 Å². The summed E-state index contributed by atoms with van der Waals surface area (Å²) in [5.74, 6) is 0.566. The van der Waals surface area contributed by atoms with Gasteiger partial charge in [-0.2, -0.15) is 0 Å². The Hall–Kier alpha value is -1.56. The molecule has 1 aromatic heterocycles. The third-order valence-electron chi connectivity index (χ3n) is 3.30. The van der Waals surface area contributed by atoms with E-state index in [1.807, 2.05) is 6.92 Å². The molecule has 2 unspecified atom stereocenters. The molecule has 94 valence electrons. The van der Waals surface area contributed by atoms with E-state index in [0.29, 0.717) is 5.82 Å². The van der Waals surface area contributed by atoms with Crippen LogP contribution in [0, 0.1) is 0 Å². The van der Waals surface area contributed by atoms with Crippen LogP contribution in [0.3, 0.4) is 0 Å². The van der Waals surface area contributed by atoms with Gasteiger partial charge in [0.15, 0.2) is 5.82 Å². The fourth-order valence-electron chi connectivity index (χ4n) is 2.40. The molecule has 5 N–H and O–H groups in total. The molecule has 0 saturated carbocycles. The summed E-state index contributed by atoms with van der Waals surface area (Å²) in [6, 6.07) is 0.246. The molecule has 0 radical (unpaired) electrons. The summed E-state index contributed by atoms with van der Waals surface area (Å²) in [6.07, 6.45) is 4.65. The van der Waals surface area contributed by atoms with E-state index in [2.05, 4.69) is 14.9 Å². The fraction of sp³-hybridized carbons (Fsp3) is 0.636. The zero-order valence-corrected chi connectivity index (χ0v) is 10.0. The number of piperidine rings is 1. The molecule has 17 heavy (non-hydrogen) atoms. The zero-order chi connectivity index (χ0) is 12.4. The lowest BCUT2D eigenvalue weighted by atomic mass is 9.97. The van der Waals surface area contributed by atoms with E-state index in [1.165, 1.54) is 6.33 Å². The average Bonchev–Trinajstić information content (AvgIpc) is 2.33. The molecule has 2 heterocycles. The molecule has 1 fully saturated rings. The number of rotatable bonds is 2. The molecule has 2 rings (SSSR count). The smallest absolute Gasteiger partial charge is 0.276 e. The molecule has 6 heteroatoms. The predicted molar refractivity (Wildman–Crippen MR) is 67.9 cm³/mol. The van der Waals surface area contributed by atoms with Crippen LogP contribution in [-0.4, -0.2) is 28.6 Å². The van der Waals surface area contributed by atoms with Gasteiger partial charge in [0.05, 0.1) is 6.33 Å². The molecule has 0 aliphatic carbocycles. The number of nitrogens with one attached hydrogen (secondary N) is 1. The maximum atomic E-state index is 11.5. The van der Waals surface area contributed by atoms with Gasteiger partial charge in [-0.1, -0.05) is 0 Å². The van der Waals surface area contributed by atoms with E-state index in [4.69, 9.17) is 11.5 Å². The fourth-order valence-corrected chi connectivity index (χ4v) is 2.40. The zero-order valence-electron chi connectivity index (χ0n) is 10.0. The number of nitrogens with zero attached hydrogens (tertiary/aromatic N) is 2. The first-order chi connectivity index (χ1) is 8.11. The molecule has 1 saturated heterocycles. The normalized spacial score (nSPS) is 22.5. The molecule has 1 aliphatic heterocycles. The molecular formula is C11H19N5O. The predicted octanol–water partition coefficient (Wildman–Crippen LogP) is 0.0582. The number of aromatic nitrogens is 2. The van der Waals surface area contributed by atoms with Gasteiger partial charge < -0.3 is 21.4 Å². The van der Waals surface area contributed by atoms with E-state index in [1.54, 1.807) is 0 Å². The van der Waals surface area contributed by atoms with Gasteiger partial charge in [0, 0.05) is 18.6 Å². The summed E-state index contributed by atoms with van der Waals surface area (Å²) in [5.41, 5.74) is 11.7. The van der Waals surface area contributed by atoms with Crippen LogP contribution in [0.1, 0.15) is 26.2 Å². The number of hydrogen-bond donors (Lipinski definition) is 3. The summed E-state index contributed by atoms with van der Waals surface area (Å²) < 4.78 is 0. The lowest BCUT2D eigenvalue weighted by molar-refractivity contribution is 0.411. The van der Waals surface area contributed by atoms with E-state index in [9.17, 15) is 4.79 Å². The summed E-state index contributed by atoms with van der Waals surface area (Å²) in [5, 5.41) is 0. The topological polar surface area (TPSA) is 101 Å². The minimum atomic E-state index is -0.288. The lowest BCUT2D eigenvalue weighted by Gasteiger charge is -2.39. The van der Waals surface area contributed by atoms with Crippen molar-refractivity contribution in [1.82, 2.24) is 9.97 Å². The van der Waals surface area contributed by atoms with Crippen molar-refractivity contribution in [1.29, 1.82) is 0 Å². The average molecular weight is 237 g/mol. The van der Waals surface area contributed by atoms with Gasteiger partial charge >= 0.3 is 0 Å². The van der Waals surface area contributed by atoms with Crippen molar-refractivity contribution in [3.63, 3.8) is 0 Å². The lowest BCUT2D eigenvalue weighted by Crippen LogP contribution is -2.50. The Labute approximate surface area is 100 Å². The Bertz CT molecular complexity index is 442. The Morgan fingerprint density at radius 2 is 2.35 bits per heavy atom. The number of hydrogen-bond acceptors (Lipinski definition) is 5. The number of nitrogens with two attached hydrogens (primary N) is 2. The minimum absolute atomic E-state index is 0.0378. The highest BCUT2D eigenvalue weighted by molar-refractivity contribution is 5.61. The highest BCUT2D eigenvalue weighted by atomic mass is 16.1. The van der Waals surface area contributed by atoms with Crippen molar-refractivity contribution in [2.24, 2.45) is 5.73 Å². The first-order valence-corrected chi connectivity index (χ1v) is 5.96.